The van der Waals surface area contributed by atoms with Crippen LogP contribution in [-0.2, 0) is 0 Å². The average molecular weight is 422 g/mol. The molecule has 1 aliphatic rings. The molecule has 0 aliphatic carbocycles. The number of anilines is 2. The number of carbonyl (C=O) groups is 1. The van der Waals surface area contributed by atoms with Crippen molar-refractivity contribution in [1.29, 1.82) is 0 Å². The van der Waals surface area contributed by atoms with Gasteiger partial charge in [-0.05, 0) is 56.9 Å². The molecule has 1 saturated heterocycles. The van der Waals surface area contributed by atoms with Crippen LogP contribution in [0.5, 0.6) is 5.75 Å². The number of carboxylic acids is 1. The zero-order chi connectivity index (χ0) is 22.1. The first-order chi connectivity index (χ1) is 14.8. The molecular formula is C23H26N4O4. The number of nitrogens with one attached hydrogen (secondary N) is 1. The second-order valence-corrected chi connectivity index (χ2v) is 8.07. The van der Waals surface area contributed by atoms with Crippen LogP contribution in [0.1, 0.15) is 53.7 Å². The van der Waals surface area contributed by atoms with Crippen molar-refractivity contribution >= 4 is 23.1 Å². The fourth-order valence-corrected chi connectivity index (χ4v) is 4.11. The fraction of sp³-hybridized carbons (Fsp3) is 0.348. The van der Waals surface area contributed by atoms with E-state index >= 15 is 0 Å². The van der Waals surface area contributed by atoms with Gasteiger partial charge in [0.15, 0.2) is 0 Å². The normalized spacial score (nSPS) is 15.1. The molecule has 0 spiro atoms. The topological polar surface area (TPSA) is 107 Å². The molecule has 0 saturated carbocycles. The van der Waals surface area contributed by atoms with Gasteiger partial charge < -0.3 is 20.4 Å². The van der Waals surface area contributed by atoms with Crippen LogP contribution in [0.15, 0.2) is 41.3 Å². The molecule has 3 N–H and O–H groups in total. The predicted octanol–water partition coefficient (Wildman–Crippen LogP) is 3.57. The maximum Gasteiger partial charge on any atom is 0.337 e. The molecule has 0 radical (unpaired) electrons. The summed E-state index contributed by atoms with van der Waals surface area (Å²) in [5.74, 6) is -0.452. The number of aromatic hydroxyl groups is 1. The fourth-order valence-electron chi connectivity index (χ4n) is 4.11. The molecule has 0 bridgehead atoms. The number of fused-ring (bicyclic) bond motifs is 1. The molecule has 8 heteroatoms. The predicted molar refractivity (Wildman–Crippen MR) is 119 cm³/mol. The van der Waals surface area contributed by atoms with Crippen LogP contribution in [0.2, 0.25) is 0 Å². The number of benzene rings is 1. The van der Waals surface area contributed by atoms with E-state index in [1.807, 2.05) is 19.9 Å². The van der Waals surface area contributed by atoms with Crippen LogP contribution in [0.4, 0.5) is 11.5 Å². The van der Waals surface area contributed by atoms with Gasteiger partial charge in [-0.15, -0.1) is 0 Å². The number of nitrogens with zero attached hydrogens (tertiary/aromatic N) is 3. The third kappa shape index (κ3) is 4.19. The van der Waals surface area contributed by atoms with Gasteiger partial charge in [0.2, 0.25) is 0 Å². The Morgan fingerprint density at radius 2 is 1.90 bits per heavy atom. The number of phenols is 1. The van der Waals surface area contributed by atoms with Gasteiger partial charge in [0.1, 0.15) is 17.2 Å². The van der Waals surface area contributed by atoms with Crippen molar-refractivity contribution in [3.8, 4) is 5.75 Å². The van der Waals surface area contributed by atoms with Gasteiger partial charge in [-0.2, -0.15) is 0 Å². The quantitative estimate of drug-likeness (QED) is 0.577. The number of hydrogen-bond acceptors (Lipinski definition) is 6. The number of phenolic OH excluding ortho intramolecular Hbond substituents is 1. The van der Waals surface area contributed by atoms with Crippen molar-refractivity contribution in [3.05, 3.63) is 63.6 Å². The van der Waals surface area contributed by atoms with E-state index < -0.39 is 5.97 Å². The summed E-state index contributed by atoms with van der Waals surface area (Å²) in [4.78, 5) is 31.4. The number of aromatic carboxylic acids is 1. The SMILES string of the molecule is Cc1cc(C(C)Nc2cc(O)ccc2C(=O)O)c2nc(N3CCCCC3)cc(=O)n2c1. The number of piperidine rings is 1. The summed E-state index contributed by atoms with van der Waals surface area (Å²) in [6.45, 7) is 5.54. The Labute approximate surface area is 179 Å². The Hall–Kier alpha value is -3.55. The highest BCUT2D eigenvalue weighted by molar-refractivity contribution is 5.94. The van der Waals surface area contributed by atoms with E-state index in [0.717, 1.165) is 37.1 Å². The third-order valence-electron chi connectivity index (χ3n) is 5.66. The lowest BCUT2D eigenvalue weighted by Crippen LogP contribution is -2.32. The zero-order valence-electron chi connectivity index (χ0n) is 17.6. The summed E-state index contributed by atoms with van der Waals surface area (Å²) >= 11 is 0. The largest absolute Gasteiger partial charge is 0.508 e. The van der Waals surface area contributed by atoms with Crippen molar-refractivity contribution in [2.24, 2.45) is 0 Å². The van der Waals surface area contributed by atoms with Crippen LogP contribution in [0.25, 0.3) is 5.65 Å². The molecule has 1 fully saturated rings. The first kappa shape index (κ1) is 20.7. The molecule has 2 aromatic heterocycles. The van der Waals surface area contributed by atoms with Crippen molar-refractivity contribution in [3.63, 3.8) is 0 Å². The van der Waals surface area contributed by atoms with Gasteiger partial charge in [0, 0.05) is 37.0 Å². The molecule has 31 heavy (non-hydrogen) atoms. The van der Waals surface area contributed by atoms with Gasteiger partial charge in [-0.25, -0.2) is 9.78 Å². The van der Waals surface area contributed by atoms with E-state index in [1.54, 1.807) is 12.3 Å². The minimum Gasteiger partial charge on any atom is -0.508 e. The summed E-state index contributed by atoms with van der Waals surface area (Å²) in [5.41, 5.74) is 2.41. The minimum absolute atomic E-state index is 0.0319. The first-order valence-electron chi connectivity index (χ1n) is 10.5. The van der Waals surface area contributed by atoms with Gasteiger partial charge in [0.05, 0.1) is 17.3 Å². The molecule has 1 aliphatic heterocycles. The molecule has 4 rings (SSSR count). The molecule has 8 nitrogen and oxygen atoms in total. The maximum atomic E-state index is 12.9. The van der Waals surface area contributed by atoms with E-state index in [1.165, 1.54) is 29.0 Å². The molecule has 3 aromatic rings. The number of hydrogen-bond donors (Lipinski definition) is 3. The molecule has 162 valence electrons. The first-order valence-corrected chi connectivity index (χ1v) is 10.5. The number of carboxylic acid groups (broad SMARTS) is 1. The summed E-state index contributed by atoms with van der Waals surface area (Å²) in [7, 11) is 0. The second-order valence-electron chi connectivity index (χ2n) is 8.07. The summed E-state index contributed by atoms with van der Waals surface area (Å²) in [5, 5.41) is 22.5. The number of rotatable bonds is 5. The minimum atomic E-state index is -1.09. The molecule has 1 aromatic carbocycles. The average Bonchev–Trinajstić information content (AvgIpc) is 2.74. The number of aromatic nitrogens is 2. The van der Waals surface area contributed by atoms with Crippen LogP contribution in [-0.4, -0.2) is 38.7 Å². The van der Waals surface area contributed by atoms with Gasteiger partial charge in [-0.3, -0.25) is 9.20 Å². The smallest absolute Gasteiger partial charge is 0.337 e. The third-order valence-corrected chi connectivity index (χ3v) is 5.66. The Morgan fingerprint density at radius 3 is 2.61 bits per heavy atom. The van der Waals surface area contributed by atoms with Crippen molar-refractivity contribution < 1.29 is 15.0 Å². The molecule has 1 atom stereocenters. The highest BCUT2D eigenvalue weighted by Crippen LogP contribution is 2.29. The van der Waals surface area contributed by atoms with E-state index in [4.69, 9.17) is 4.98 Å². The van der Waals surface area contributed by atoms with Crippen molar-refractivity contribution in [1.82, 2.24) is 9.38 Å². The van der Waals surface area contributed by atoms with Gasteiger partial charge >= 0.3 is 5.97 Å². The van der Waals surface area contributed by atoms with E-state index in [2.05, 4.69) is 10.2 Å². The van der Waals surface area contributed by atoms with Gasteiger partial charge in [-0.1, -0.05) is 0 Å². The lowest BCUT2D eigenvalue weighted by molar-refractivity contribution is 0.0698. The molecule has 3 heterocycles. The highest BCUT2D eigenvalue weighted by atomic mass is 16.4. The second kappa shape index (κ2) is 8.29. The lowest BCUT2D eigenvalue weighted by atomic mass is 10.1. The Kier molecular flexibility index (Phi) is 5.54. The molecule has 1 unspecified atom stereocenters. The van der Waals surface area contributed by atoms with Crippen LogP contribution < -0.4 is 15.8 Å². The van der Waals surface area contributed by atoms with Crippen molar-refractivity contribution in [2.45, 2.75) is 39.2 Å². The van der Waals surface area contributed by atoms with Crippen molar-refractivity contribution in [2.75, 3.05) is 23.3 Å². The summed E-state index contributed by atoms with van der Waals surface area (Å²) in [6.07, 6.45) is 5.10. The standard InChI is InChI=1S/C23H26N4O4/c1-14-10-18(15(2)24-19-11-16(28)6-7-17(19)23(30)31)22-25-20(12-21(29)27(22)13-14)26-8-4-3-5-9-26/h6-7,10-13,15,24,28H,3-5,8-9H2,1-2H3,(H,30,31). The molecular weight excluding hydrogens is 396 g/mol. The monoisotopic (exact) mass is 422 g/mol. The van der Waals surface area contributed by atoms with E-state index in [0.29, 0.717) is 17.2 Å². The Morgan fingerprint density at radius 1 is 1.16 bits per heavy atom. The maximum absolute atomic E-state index is 12.9. The Balaban J connectivity index is 1.79. The summed E-state index contributed by atoms with van der Waals surface area (Å²) < 4.78 is 1.54. The Bertz CT molecular complexity index is 1200. The van der Waals surface area contributed by atoms with E-state index in [-0.39, 0.29) is 22.9 Å². The number of pyridine rings is 1. The van der Waals surface area contributed by atoms with Gasteiger partial charge in [0.25, 0.3) is 5.56 Å². The molecule has 0 amide bonds. The van der Waals surface area contributed by atoms with E-state index in [9.17, 15) is 19.8 Å². The summed E-state index contributed by atoms with van der Waals surface area (Å²) in [6, 6.07) is 7.25. The van der Waals surface area contributed by atoms with Crippen LogP contribution in [0.3, 0.4) is 0 Å². The highest BCUT2D eigenvalue weighted by Gasteiger charge is 2.19. The van der Waals surface area contributed by atoms with Crippen LogP contribution in [0, 0.1) is 6.92 Å². The van der Waals surface area contributed by atoms with Crippen LogP contribution >= 0.6 is 0 Å². The zero-order valence-corrected chi connectivity index (χ0v) is 17.6. The number of aryl methyl sites for hydroxylation is 1. The lowest BCUT2D eigenvalue weighted by Gasteiger charge is -2.28.